The van der Waals surface area contributed by atoms with Crippen LogP contribution in [0.1, 0.15) is 38.2 Å². The smallest absolute Gasteiger partial charge is 0.119 e. The Morgan fingerprint density at radius 2 is 1.84 bits per heavy atom. The second-order valence-electron chi connectivity index (χ2n) is 7.77. The molecule has 3 rings (SSSR count). The van der Waals surface area contributed by atoms with Gasteiger partial charge in [-0.05, 0) is 49.1 Å². The zero-order chi connectivity index (χ0) is 21.9. The van der Waals surface area contributed by atoms with Gasteiger partial charge in [-0.1, -0.05) is 43.7 Å². The summed E-state index contributed by atoms with van der Waals surface area (Å²) in [5.41, 5.74) is 2.67. The highest BCUT2D eigenvalue weighted by Crippen LogP contribution is 2.36. The van der Waals surface area contributed by atoms with Crippen molar-refractivity contribution in [2.24, 2.45) is 5.92 Å². The van der Waals surface area contributed by atoms with Gasteiger partial charge < -0.3 is 14.4 Å². The molecule has 160 valence electrons. The first-order valence-electron chi connectivity index (χ1n) is 10.9. The Bertz CT molecular complexity index is 920. The average Bonchev–Trinajstić information content (AvgIpc) is 2.78. The highest BCUT2D eigenvalue weighted by Gasteiger charge is 2.33. The first-order chi connectivity index (χ1) is 15.2. The van der Waals surface area contributed by atoms with Crippen molar-refractivity contribution in [3.63, 3.8) is 0 Å². The van der Waals surface area contributed by atoms with E-state index in [1.807, 2.05) is 65.7 Å². The van der Waals surface area contributed by atoms with E-state index >= 15 is 0 Å². The fraction of sp³-hybridized carbons (Fsp3) is 0.385. The van der Waals surface area contributed by atoms with E-state index in [-0.39, 0.29) is 18.6 Å². The van der Waals surface area contributed by atoms with Gasteiger partial charge in [-0.25, -0.2) is 0 Å². The number of allylic oxidation sites excluding steroid dienone is 1. The van der Waals surface area contributed by atoms with Crippen molar-refractivity contribution in [1.29, 1.82) is 10.5 Å². The third-order valence-electron chi connectivity index (χ3n) is 5.47. The molecular formula is C26H29N3O2. The molecule has 31 heavy (non-hydrogen) atoms. The molecule has 1 fully saturated rings. The van der Waals surface area contributed by atoms with Gasteiger partial charge in [-0.15, -0.1) is 0 Å². The van der Waals surface area contributed by atoms with Gasteiger partial charge in [0.1, 0.15) is 18.9 Å². The van der Waals surface area contributed by atoms with Gasteiger partial charge in [0.25, 0.3) is 0 Å². The van der Waals surface area contributed by atoms with E-state index in [9.17, 15) is 10.5 Å². The Morgan fingerprint density at radius 3 is 2.48 bits per heavy atom. The summed E-state index contributed by atoms with van der Waals surface area (Å²) < 4.78 is 11.7. The van der Waals surface area contributed by atoms with Crippen molar-refractivity contribution in [3.05, 3.63) is 71.9 Å². The number of hydrogen-bond acceptors (Lipinski definition) is 5. The molecule has 5 nitrogen and oxygen atoms in total. The maximum Gasteiger partial charge on any atom is 0.119 e. The molecular weight excluding hydrogens is 386 g/mol. The Morgan fingerprint density at radius 1 is 1.10 bits per heavy atom. The van der Waals surface area contributed by atoms with E-state index in [1.165, 1.54) is 0 Å². The summed E-state index contributed by atoms with van der Waals surface area (Å²) in [5.74, 6) is 0.964. The molecule has 0 saturated heterocycles. The molecule has 0 radical (unpaired) electrons. The van der Waals surface area contributed by atoms with Crippen LogP contribution in [0.5, 0.6) is 5.75 Å². The quantitative estimate of drug-likeness (QED) is 0.271. The zero-order valence-corrected chi connectivity index (χ0v) is 18.0. The van der Waals surface area contributed by atoms with Gasteiger partial charge in [0.05, 0.1) is 18.2 Å². The Hall–Kier alpha value is -3.28. The molecule has 2 aromatic carbocycles. The van der Waals surface area contributed by atoms with Crippen molar-refractivity contribution in [1.82, 2.24) is 0 Å². The molecule has 0 bridgehead atoms. The highest BCUT2D eigenvalue weighted by atomic mass is 16.5. The van der Waals surface area contributed by atoms with Crippen LogP contribution in [0.3, 0.4) is 0 Å². The number of rotatable bonds is 11. The van der Waals surface area contributed by atoms with E-state index in [2.05, 4.69) is 19.1 Å². The van der Waals surface area contributed by atoms with Crippen molar-refractivity contribution < 1.29 is 9.47 Å². The number of nitrogens with zero attached hydrogens (tertiary/aromatic N) is 3. The van der Waals surface area contributed by atoms with Crippen LogP contribution < -0.4 is 9.64 Å². The molecule has 1 aliphatic rings. The lowest BCUT2D eigenvalue weighted by molar-refractivity contribution is -0.0208. The lowest BCUT2D eigenvalue weighted by Crippen LogP contribution is -2.33. The lowest BCUT2D eigenvalue weighted by Gasteiger charge is -2.35. The number of anilines is 1. The van der Waals surface area contributed by atoms with Crippen LogP contribution in [-0.2, 0) is 11.3 Å². The number of nitriles is 2. The molecule has 0 aliphatic heterocycles. The monoisotopic (exact) mass is 415 g/mol. The summed E-state index contributed by atoms with van der Waals surface area (Å²) in [6.07, 6.45) is 6.00. The average molecular weight is 416 g/mol. The molecule has 0 amide bonds. The Balaban J connectivity index is 1.60. The van der Waals surface area contributed by atoms with E-state index in [1.54, 1.807) is 0 Å². The first-order valence-corrected chi connectivity index (χ1v) is 10.9. The summed E-state index contributed by atoms with van der Waals surface area (Å²) in [6, 6.07) is 22.1. The predicted molar refractivity (Wildman–Crippen MR) is 121 cm³/mol. The maximum absolute atomic E-state index is 9.66. The minimum Gasteiger partial charge on any atom is -0.489 e. The van der Waals surface area contributed by atoms with E-state index < -0.39 is 0 Å². The van der Waals surface area contributed by atoms with Gasteiger partial charge in [0.15, 0.2) is 0 Å². The van der Waals surface area contributed by atoms with Crippen molar-refractivity contribution in [2.75, 3.05) is 18.1 Å². The molecule has 2 aromatic rings. The van der Waals surface area contributed by atoms with Crippen molar-refractivity contribution in [3.8, 4) is 17.9 Å². The summed E-state index contributed by atoms with van der Waals surface area (Å²) >= 11 is 0. The van der Waals surface area contributed by atoms with Gasteiger partial charge in [0.2, 0.25) is 0 Å². The first kappa shape index (κ1) is 22.4. The molecule has 1 saturated carbocycles. The molecule has 0 atom stereocenters. The van der Waals surface area contributed by atoms with Crippen LogP contribution in [0.4, 0.5) is 5.69 Å². The van der Waals surface area contributed by atoms with Crippen LogP contribution in [0, 0.1) is 28.6 Å². The standard InChI is InChI=1S/C26H29N3O2/c1-2-3-15-30-26-16-22(17-26)23(18-28)19-29(14-13-27)24-9-11-25(12-10-24)31-20-21-7-5-4-6-8-21/h4-12,19,22,26H,2-3,14-17,20H2,1H3/b23-19+. The van der Waals surface area contributed by atoms with Crippen molar-refractivity contribution >= 4 is 5.69 Å². The normalized spacial score (nSPS) is 17.8. The lowest BCUT2D eigenvalue weighted by atomic mass is 9.77. The van der Waals surface area contributed by atoms with Crippen LogP contribution in [0.15, 0.2) is 66.4 Å². The number of benzene rings is 2. The van der Waals surface area contributed by atoms with Gasteiger partial charge in [0, 0.05) is 30.0 Å². The topological polar surface area (TPSA) is 69.3 Å². The predicted octanol–water partition coefficient (Wildman–Crippen LogP) is 5.60. The minimum atomic E-state index is 0.179. The molecule has 0 spiro atoms. The highest BCUT2D eigenvalue weighted by molar-refractivity contribution is 5.53. The summed E-state index contributed by atoms with van der Waals surface area (Å²) in [5, 5.41) is 18.9. The molecule has 0 heterocycles. The third-order valence-corrected chi connectivity index (χ3v) is 5.47. The van der Waals surface area contributed by atoms with Crippen molar-refractivity contribution in [2.45, 2.75) is 45.3 Å². The van der Waals surface area contributed by atoms with Crippen LogP contribution >= 0.6 is 0 Å². The number of unbranched alkanes of at least 4 members (excludes halogenated alkanes) is 1. The Labute approximate surface area is 185 Å². The number of ether oxygens (including phenoxy) is 2. The van der Waals surface area contributed by atoms with Crippen LogP contribution in [0.2, 0.25) is 0 Å². The summed E-state index contributed by atoms with van der Waals surface area (Å²) in [6.45, 7) is 3.62. The summed E-state index contributed by atoms with van der Waals surface area (Å²) in [4.78, 5) is 1.82. The zero-order valence-electron chi connectivity index (χ0n) is 18.0. The molecule has 0 aromatic heterocycles. The molecule has 0 N–H and O–H groups in total. The largest absolute Gasteiger partial charge is 0.489 e. The summed E-state index contributed by atoms with van der Waals surface area (Å²) in [7, 11) is 0. The maximum atomic E-state index is 9.66. The molecule has 0 unspecified atom stereocenters. The SMILES string of the molecule is CCCCOC1CC(/C(C#N)=C/N(CC#N)c2ccc(OCc3ccccc3)cc2)C1. The second-order valence-corrected chi connectivity index (χ2v) is 7.77. The fourth-order valence-corrected chi connectivity index (χ4v) is 3.51. The molecule has 5 heteroatoms. The van der Waals surface area contributed by atoms with Gasteiger partial charge >= 0.3 is 0 Å². The second kappa shape index (κ2) is 11.8. The van der Waals surface area contributed by atoms with E-state index in [0.717, 1.165) is 49.3 Å². The van der Waals surface area contributed by atoms with E-state index in [0.29, 0.717) is 12.2 Å². The number of hydrogen-bond donors (Lipinski definition) is 0. The third kappa shape index (κ3) is 6.60. The minimum absolute atomic E-state index is 0.179. The van der Waals surface area contributed by atoms with Gasteiger partial charge in [-0.2, -0.15) is 10.5 Å². The fourth-order valence-electron chi connectivity index (χ4n) is 3.51. The van der Waals surface area contributed by atoms with Gasteiger partial charge in [-0.3, -0.25) is 0 Å². The van der Waals surface area contributed by atoms with E-state index in [4.69, 9.17) is 9.47 Å². The van der Waals surface area contributed by atoms with Crippen LogP contribution in [0.25, 0.3) is 0 Å². The molecule has 1 aliphatic carbocycles. The van der Waals surface area contributed by atoms with Crippen LogP contribution in [-0.4, -0.2) is 19.3 Å². The Kier molecular flexibility index (Phi) is 8.52.